The highest BCUT2D eigenvalue weighted by atomic mass is 35.5. The van der Waals surface area contributed by atoms with Crippen LogP contribution in [0.5, 0.6) is 0 Å². The summed E-state index contributed by atoms with van der Waals surface area (Å²) in [5.74, 6) is 0. The van der Waals surface area contributed by atoms with Gasteiger partial charge in [0.2, 0.25) is 0 Å². The lowest BCUT2D eigenvalue weighted by molar-refractivity contribution is 1.17. The Kier molecular flexibility index (Phi) is 5.01. The molecule has 2 aromatic carbocycles. The second-order valence-electron chi connectivity index (χ2n) is 6.42. The molecule has 3 heterocycles. The fourth-order valence-electron chi connectivity index (χ4n) is 3.39. The monoisotopic (exact) mass is 444 g/mol. The molecule has 0 radical (unpaired) electrons. The Labute approximate surface area is 186 Å². The maximum absolute atomic E-state index is 9.67. The lowest BCUT2D eigenvalue weighted by atomic mass is 10.0. The third-order valence-corrected chi connectivity index (χ3v) is 6.81. The minimum absolute atomic E-state index is 0.315. The van der Waals surface area contributed by atoms with Gasteiger partial charge in [0.25, 0.3) is 0 Å². The van der Waals surface area contributed by atoms with Crippen LogP contribution in [0.4, 0.5) is 0 Å². The zero-order valence-electron chi connectivity index (χ0n) is 15.5. The lowest BCUT2D eigenvalue weighted by Crippen LogP contribution is -1.95. The van der Waals surface area contributed by atoms with Crippen LogP contribution in [-0.4, -0.2) is 13.9 Å². The van der Waals surface area contributed by atoms with E-state index < -0.39 is 0 Å². The van der Waals surface area contributed by atoms with Gasteiger partial charge >= 0.3 is 0 Å². The van der Waals surface area contributed by atoms with E-state index in [1.165, 1.54) is 0 Å². The molecule has 0 spiro atoms. The van der Waals surface area contributed by atoms with Gasteiger partial charge in [-0.1, -0.05) is 35.9 Å². The van der Waals surface area contributed by atoms with E-state index >= 15 is 0 Å². The molecule has 0 saturated carbocycles. The van der Waals surface area contributed by atoms with E-state index in [9.17, 15) is 5.26 Å². The molecule has 0 unspecified atom stereocenters. The van der Waals surface area contributed by atoms with Crippen molar-refractivity contribution in [2.45, 2.75) is 4.90 Å². The molecule has 3 aromatic heterocycles. The lowest BCUT2D eigenvalue weighted by Gasteiger charge is -2.10. The number of hydrogen-bond donors (Lipinski definition) is 0. The quantitative estimate of drug-likeness (QED) is 0.302. The SMILES string of the molecule is N#Cc1nccnc1-c1c(-c2cccs2)n(Sc2ccc(Cl)cc2)c2ccccc12. The first-order valence-corrected chi connectivity index (χ1v) is 11.1. The van der Waals surface area contributed by atoms with Crippen molar-refractivity contribution in [3.05, 3.63) is 89.2 Å². The first-order valence-electron chi connectivity index (χ1n) is 9.09. The van der Waals surface area contributed by atoms with E-state index in [0.29, 0.717) is 16.4 Å². The normalized spacial score (nSPS) is 10.9. The summed E-state index contributed by atoms with van der Waals surface area (Å²) in [6.07, 6.45) is 3.18. The van der Waals surface area contributed by atoms with E-state index in [1.807, 2.05) is 42.5 Å². The summed E-state index contributed by atoms with van der Waals surface area (Å²) >= 11 is 9.35. The minimum atomic E-state index is 0.315. The number of fused-ring (bicyclic) bond motifs is 1. The second-order valence-corrected chi connectivity index (χ2v) is 8.83. The molecule has 0 saturated heterocycles. The summed E-state index contributed by atoms with van der Waals surface area (Å²) in [4.78, 5) is 11.0. The molecule has 0 bridgehead atoms. The molecule has 0 amide bonds. The largest absolute Gasteiger partial charge is 0.278 e. The van der Waals surface area contributed by atoms with E-state index in [1.54, 1.807) is 35.7 Å². The van der Waals surface area contributed by atoms with Crippen molar-refractivity contribution in [1.82, 2.24) is 13.9 Å². The first kappa shape index (κ1) is 18.9. The molecule has 7 heteroatoms. The minimum Gasteiger partial charge on any atom is -0.278 e. The highest BCUT2D eigenvalue weighted by Crippen LogP contribution is 2.45. The van der Waals surface area contributed by atoms with Gasteiger partial charge in [0.1, 0.15) is 11.8 Å². The Morgan fingerprint density at radius 1 is 0.967 bits per heavy atom. The van der Waals surface area contributed by atoms with Gasteiger partial charge in [-0.15, -0.1) is 11.3 Å². The molecule has 5 aromatic rings. The van der Waals surface area contributed by atoms with Gasteiger partial charge in [0, 0.05) is 33.3 Å². The molecule has 0 atom stereocenters. The molecule has 5 rings (SSSR count). The topological polar surface area (TPSA) is 54.5 Å². The van der Waals surface area contributed by atoms with Crippen LogP contribution in [-0.2, 0) is 0 Å². The molecule has 0 aliphatic carbocycles. The van der Waals surface area contributed by atoms with Crippen LogP contribution < -0.4 is 0 Å². The van der Waals surface area contributed by atoms with Crippen molar-refractivity contribution in [3.63, 3.8) is 0 Å². The molecule has 0 aliphatic rings. The van der Waals surface area contributed by atoms with Crippen LogP contribution in [0.2, 0.25) is 5.02 Å². The maximum atomic E-state index is 9.67. The highest BCUT2D eigenvalue weighted by Gasteiger charge is 2.24. The van der Waals surface area contributed by atoms with Crippen LogP contribution in [0, 0.1) is 11.3 Å². The molecule has 0 N–H and O–H groups in total. The van der Waals surface area contributed by atoms with Gasteiger partial charge in [-0.05, 0) is 53.7 Å². The Balaban J connectivity index is 1.85. The van der Waals surface area contributed by atoms with Crippen molar-refractivity contribution < 1.29 is 0 Å². The second kappa shape index (κ2) is 7.96. The number of nitriles is 1. The fraction of sp³-hybridized carbons (Fsp3) is 0. The van der Waals surface area contributed by atoms with Gasteiger partial charge in [0.05, 0.1) is 16.1 Å². The zero-order valence-corrected chi connectivity index (χ0v) is 17.9. The van der Waals surface area contributed by atoms with Crippen LogP contribution in [0.3, 0.4) is 0 Å². The first-order chi connectivity index (χ1) is 14.8. The molecule has 30 heavy (non-hydrogen) atoms. The summed E-state index contributed by atoms with van der Waals surface area (Å²) in [5, 5.41) is 13.4. The third kappa shape index (κ3) is 3.27. The molecule has 0 aliphatic heterocycles. The van der Waals surface area contributed by atoms with Crippen LogP contribution in [0.25, 0.3) is 32.7 Å². The Morgan fingerprint density at radius 3 is 2.53 bits per heavy atom. The smallest absolute Gasteiger partial charge is 0.166 e. The van der Waals surface area contributed by atoms with Crippen LogP contribution >= 0.6 is 34.9 Å². The highest BCUT2D eigenvalue weighted by molar-refractivity contribution is 7.98. The molecule has 144 valence electrons. The number of halogens is 1. The summed E-state index contributed by atoms with van der Waals surface area (Å²) in [5.41, 5.74) is 3.87. The van der Waals surface area contributed by atoms with Gasteiger partial charge < -0.3 is 0 Å². The molecule has 4 nitrogen and oxygen atoms in total. The number of hydrogen-bond acceptors (Lipinski definition) is 5. The summed E-state index contributed by atoms with van der Waals surface area (Å²) < 4.78 is 2.20. The molecular formula is C23H13ClN4S2. The third-order valence-electron chi connectivity index (χ3n) is 4.64. The number of thiophene rings is 1. The predicted molar refractivity (Wildman–Crippen MR) is 124 cm³/mol. The zero-order chi connectivity index (χ0) is 20.5. The maximum Gasteiger partial charge on any atom is 0.166 e. The van der Waals surface area contributed by atoms with Gasteiger partial charge in [-0.25, -0.2) is 4.98 Å². The average molecular weight is 445 g/mol. The Bertz CT molecular complexity index is 1380. The Morgan fingerprint density at radius 2 is 1.77 bits per heavy atom. The standard InChI is InChI=1S/C23H13ClN4S2/c24-15-7-9-16(10-8-15)30-28-19-5-2-1-4-17(19)21(23(28)20-6-3-13-29-20)22-18(14-25)26-11-12-27-22/h1-13H. The van der Waals surface area contributed by atoms with Crippen LogP contribution in [0.1, 0.15) is 5.69 Å². The number of rotatable bonds is 4. The van der Waals surface area contributed by atoms with Crippen LogP contribution in [0.15, 0.2) is 83.3 Å². The van der Waals surface area contributed by atoms with Gasteiger partial charge in [-0.3, -0.25) is 8.96 Å². The van der Waals surface area contributed by atoms with Crippen molar-refractivity contribution in [2.24, 2.45) is 0 Å². The van der Waals surface area contributed by atoms with Crippen molar-refractivity contribution in [2.75, 3.05) is 0 Å². The van der Waals surface area contributed by atoms with Gasteiger partial charge in [-0.2, -0.15) is 5.26 Å². The average Bonchev–Trinajstić information content (AvgIpc) is 3.42. The van der Waals surface area contributed by atoms with Crippen molar-refractivity contribution in [1.29, 1.82) is 5.26 Å². The fourth-order valence-corrected chi connectivity index (χ4v) is 5.34. The van der Waals surface area contributed by atoms with E-state index in [-0.39, 0.29) is 0 Å². The Hall–Kier alpha value is -3.11. The summed E-state index contributed by atoms with van der Waals surface area (Å²) in [6, 6.07) is 22.3. The van der Waals surface area contributed by atoms with E-state index in [2.05, 4.69) is 43.6 Å². The summed E-state index contributed by atoms with van der Waals surface area (Å²) in [7, 11) is 0. The molecule has 0 fully saturated rings. The van der Waals surface area contributed by atoms with Crippen molar-refractivity contribution >= 4 is 45.8 Å². The van der Waals surface area contributed by atoms with Crippen molar-refractivity contribution in [3.8, 4) is 27.9 Å². The number of nitrogens with zero attached hydrogens (tertiary/aromatic N) is 4. The van der Waals surface area contributed by atoms with Gasteiger partial charge in [0.15, 0.2) is 5.69 Å². The molecular weight excluding hydrogens is 432 g/mol. The number of aromatic nitrogens is 3. The number of benzene rings is 2. The number of para-hydroxylation sites is 1. The summed E-state index contributed by atoms with van der Waals surface area (Å²) in [6.45, 7) is 0. The van der Waals surface area contributed by atoms with E-state index in [4.69, 9.17) is 11.6 Å². The van der Waals surface area contributed by atoms with E-state index in [0.717, 1.165) is 31.9 Å². The predicted octanol–water partition coefficient (Wildman–Crippen LogP) is 6.91.